The van der Waals surface area contributed by atoms with Crippen molar-refractivity contribution in [2.45, 2.75) is 57.0 Å². The van der Waals surface area contributed by atoms with Crippen molar-refractivity contribution < 1.29 is 14.2 Å². The van der Waals surface area contributed by atoms with Gasteiger partial charge >= 0.3 is 0 Å². The minimum Gasteiger partial charge on any atom is -0.507 e. The number of phenolic OH excluding ortho intramolecular Hbond substituents is 1. The van der Waals surface area contributed by atoms with Crippen molar-refractivity contribution in [3.05, 3.63) is 48.3 Å². The van der Waals surface area contributed by atoms with Gasteiger partial charge in [-0.2, -0.15) is 10.2 Å². The van der Waals surface area contributed by atoms with Crippen LogP contribution in [0.25, 0.3) is 22.4 Å². The molecule has 0 aliphatic carbocycles. The summed E-state index contributed by atoms with van der Waals surface area (Å²) in [7, 11) is 0. The number of fused-ring (bicyclic) bond motifs is 2. The topological polar surface area (TPSA) is 93.0 Å². The molecule has 2 bridgehead atoms. The van der Waals surface area contributed by atoms with Crippen molar-refractivity contribution in [1.82, 2.24) is 25.7 Å². The number of nitrogens with zero attached hydrogens (tertiary/aromatic N) is 4. The van der Waals surface area contributed by atoms with Crippen LogP contribution in [0.1, 0.15) is 31.4 Å². The largest absolute Gasteiger partial charge is 0.507 e. The lowest BCUT2D eigenvalue weighted by Crippen LogP contribution is -2.59. The molecule has 2 fully saturated rings. The van der Waals surface area contributed by atoms with E-state index in [1.54, 1.807) is 30.5 Å². The van der Waals surface area contributed by atoms with Crippen molar-refractivity contribution in [3.8, 4) is 34.0 Å². The van der Waals surface area contributed by atoms with Gasteiger partial charge in [0.2, 0.25) is 5.88 Å². The SMILES string of the molecule is Cc1cc(-c2ccc(-c3ccc(O[C@@H]4CC5CCCC(N5)[C@@H]4F)nn3)c(O)c2)cnn1. The number of benzene rings is 1. The average Bonchev–Trinajstić information content (AvgIpc) is 2.78. The van der Waals surface area contributed by atoms with Crippen LogP contribution in [0.4, 0.5) is 4.39 Å². The van der Waals surface area contributed by atoms with E-state index >= 15 is 0 Å². The zero-order chi connectivity index (χ0) is 21.4. The maximum Gasteiger partial charge on any atom is 0.233 e. The molecular weight excluding hydrogens is 397 g/mol. The molecular formula is C23H24FN5O2. The molecule has 2 saturated heterocycles. The number of aromatic nitrogens is 4. The van der Waals surface area contributed by atoms with Crippen molar-refractivity contribution in [2.75, 3.05) is 0 Å². The minimum atomic E-state index is -1.05. The van der Waals surface area contributed by atoms with E-state index in [1.807, 2.05) is 19.1 Å². The molecule has 0 spiro atoms. The molecule has 4 heterocycles. The predicted octanol–water partition coefficient (Wildman–Crippen LogP) is 3.61. The zero-order valence-corrected chi connectivity index (χ0v) is 17.2. The second kappa shape index (κ2) is 8.19. The number of phenols is 1. The molecule has 0 amide bonds. The van der Waals surface area contributed by atoms with Crippen LogP contribution in [0, 0.1) is 6.92 Å². The maximum atomic E-state index is 14.7. The quantitative estimate of drug-likeness (QED) is 0.665. The van der Waals surface area contributed by atoms with Gasteiger partial charge in [-0.15, -0.1) is 10.2 Å². The third-order valence-corrected chi connectivity index (χ3v) is 6.07. The number of piperidine rings is 2. The molecule has 2 unspecified atom stereocenters. The van der Waals surface area contributed by atoms with E-state index in [9.17, 15) is 9.50 Å². The third kappa shape index (κ3) is 4.07. The number of halogens is 1. The Morgan fingerprint density at radius 1 is 1.06 bits per heavy atom. The second-order valence-corrected chi connectivity index (χ2v) is 8.31. The van der Waals surface area contributed by atoms with Crippen LogP contribution in [0.3, 0.4) is 0 Å². The Morgan fingerprint density at radius 2 is 1.97 bits per heavy atom. The third-order valence-electron chi connectivity index (χ3n) is 6.07. The summed E-state index contributed by atoms with van der Waals surface area (Å²) in [6, 6.07) is 10.8. The number of ether oxygens (including phenoxy) is 1. The molecule has 5 rings (SSSR count). The molecule has 0 radical (unpaired) electrons. The van der Waals surface area contributed by atoms with Gasteiger partial charge < -0.3 is 15.2 Å². The van der Waals surface area contributed by atoms with Crippen LogP contribution in [-0.2, 0) is 0 Å². The number of alkyl halides is 1. The summed E-state index contributed by atoms with van der Waals surface area (Å²) in [5.41, 5.74) is 3.57. The Kier molecular flexibility index (Phi) is 5.23. The molecule has 160 valence electrons. The van der Waals surface area contributed by atoms with Crippen LogP contribution in [0.2, 0.25) is 0 Å². The smallest absolute Gasteiger partial charge is 0.233 e. The molecule has 7 nitrogen and oxygen atoms in total. The fraction of sp³-hybridized carbons (Fsp3) is 0.391. The zero-order valence-electron chi connectivity index (χ0n) is 17.2. The maximum absolute atomic E-state index is 14.7. The van der Waals surface area contributed by atoms with Crippen LogP contribution < -0.4 is 10.1 Å². The minimum absolute atomic E-state index is 0.0879. The lowest BCUT2D eigenvalue weighted by molar-refractivity contribution is 0.00652. The summed E-state index contributed by atoms with van der Waals surface area (Å²) in [4.78, 5) is 0. The van der Waals surface area contributed by atoms with Gasteiger partial charge in [0.15, 0.2) is 6.17 Å². The number of aromatic hydroxyl groups is 1. The van der Waals surface area contributed by atoms with Gasteiger partial charge in [0.05, 0.1) is 17.6 Å². The lowest BCUT2D eigenvalue weighted by Gasteiger charge is -2.42. The van der Waals surface area contributed by atoms with Gasteiger partial charge in [0, 0.05) is 35.7 Å². The van der Waals surface area contributed by atoms with E-state index in [0.717, 1.165) is 36.1 Å². The molecule has 2 N–H and O–H groups in total. The normalized spacial score (nSPS) is 25.2. The molecule has 1 aromatic carbocycles. The van der Waals surface area contributed by atoms with E-state index in [-0.39, 0.29) is 11.8 Å². The molecule has 31 heavy (non-hydrogen) atoms. The van der Waals surface area contributed by atoms with E-state index in [4.69, 9.17) is 4.74 Å². The van der Waals surface area contributed by atoms with Crippen molar-refractivity contribution in [3.63, 3.8) is 0 Å². The van der Waals surface area contributed by atoms with E-state index in [2.05, 4.69) is 25.7 Å². The summed E-state index contributed by atoms with van der Waals surface area (Å²) >= 11 is 0. The van der Waals surface area contributed by atoms with Crippen molar-refractivity contribution in [2.24, 2.45) is 0 Å². The number of hydrogen-bond acceptors (Lipinski definition) is 7. The number of rotatable bonds is 4. The van der Waals surface area contributed by atoms with Crippen molar-refractivity contribution >= 4 is 0 Å². The molecule has 2 aliphatic rings. The highest BCUT2D eigenvalue weighted by Gasteiger charge is 2.41. The average molecular weight is 421 g/mol. The fourth-order valence-corrected chi connectivity index (χ4v) is 4.51. The van der Waals surface area contributed by atoms with Gasteiger partial charge in [0.25, 0.3) is 0 Å². The lowest BCUT2D eigenvalue weighted by atomic mass is 9.84. The van der Waals surface area contributed by atoms with Gasteiger partial charge in [-0.25, -0.2) is 4.39 Å². The first-order chi connectivity index (χ1) is 15.1. The van der Waals surface area contributed by atoms with E-state index in [0.29, 0.717) is 29.6 Å². The van der Waals surface area contributed by atoms with Crippen molar-refractivity contribution in [1.29, 1.82) is 0 Å². The van der Waals surface area contributed by atoms with E-state index < -0.39 is 12.3 Å². The summed E-state index contributed by atoms with van der Waals surface area (Å²) in [5, 5.41) is 30.1. The molecule has 2 aliphatic heterocycles. The van der Waals surface area contributed by atoms with Crippen LogP contribution in [0.15, 0.2) is 42.6 Å². The second-order valence-electron chi connectivity index (χ2n) is 8.31. The standard InChI is InChI=1S/C23H24FN5O2/c1-13-9-15(12-25-27-13)14-5-6-17(20(30)10-14)18-7-8-22(29-28-18)31-21-11-16-3-2-4-19(26-16)23(21)24/h5-10,12,16,19,21,23,26,30H,2-4,11H2,1H3/t16?,19?,21-,23+/m1/s1. The van der Waals surface area contributed by atoms with Crippen LogP contribution in [-0.4, -0.2) is 49.9 Å². The highest BCUT2D eigenvalue weighted by molar-refractivity contribution is 5.73. The highest BCUT2D eigenvalue weighted by Crippen LogP contribution is 2.33. The number of aryl methyl sites for hydroxylation is 1. The monoisotopic (exact) mass is 421 g/mol. The Hall–Kier alpha value is -3.13. The summed E-state index contributed by atoms with van der Waals surface area (Å²) in [5.74, 6) is 0.385. The molecule has 8 heteroatoms. The summed E-state index contributed by atoms with van der Waals surface area (Å²) in [6.45, 7) is 1.87. The number of nitrogens with one attached hydrogen (secondary N) is 1. The predicted molar refractivity (Wildman–Crippen MR) is 113 cm³/mol. The Bertz CT molecular complexity index is 1080. The first-order valence-corrected chi connectivity index (χ1v) is 10.6. The Labute approximate surface area is 179 Å². The van der Waals surface area contributed by atoms with Gasteiger partial charge in [0.1, 0.15) is 11.9 Å². The first kappa shape index (κ1) is 19.8. The molecule has 4 atom stereocenters. The molecule has 3 aromatic rings. The fourth-order valence-electron chi connectivity index (χ4n) is 4.51. The highest BCUT2D eigenvalue weighted by atomic mass is 19.1. The first-order valence-electron chi connectivity index (χ1n) is 10.6. The molecule has 0 saturated carbocycles. The number of hydrogen-bond donors (Lipinski definition) is 2. The van der Waals surface area contributed by atoms with Gasteiger partial charge in [-0.1, -0.05) is 12.5 Å². The Balaban J connectivity index is 1.32. The summed E-state index contributed by atoms with van der Waals surface area (Å²) < 4.78 is 20.6. The summed E-state index contributed by atoms with van der Waals surface area (Å²) in [6.07, 6.45) is 3.67. The van der Waals surface area contributed by atoms with Crippen LogP contribution in [0.5, 0.6) is 11.6 Å². The van der Waals surface area contributed by atoms with Gasteiger partial charge in [-0.05, 0) is 49.6 Å². The van der Waals surface area contributed by atoms with E-state index in [1.165, 1.54) is 0 Å². The van der Waals surface area contributed by atoms with Crippen LogP contribution >= 0.6 is 0 Å². The molecule has 2 aromatic heterocycles. The van der Waals surface area contributed by atoms with Gasteiger partial charge in [-0.3, -0.25) is 0 Å². The Morgan fingerprint density at radius 3 is 2.74 bits per heavy atom.